The minimum Gasteiger partial charge on any atom is -0.497 e. The molecule has 0 saturated heterocycles. The zero-order valence-electron chi connectivity index (χ0n) is 17.2. The normalized spacial score (nSPS) is 18.6. The molecule has 2 atom stereocenters. The fraction of sp³-hybridized carbons (Fsp3) is 0.231. The number of rotatable bonds is 6. The average molecular weight is 386 g/mol. The van der Waals surface area contributed by atoms with Gasteiger partial charge in [-0.3, -0.25) is 0 Å². The average Bonchev–Trinajstić information content (AvgIpc) is 3.13. The van der Waals surface area contributed by atoms with Crippen LogP contribution in [0.15, 0.2) is 96.8 Å². The lowest BCUT2D eigenvalue weighted by Gasteiger charge is -2.34. The highest BCUT2D eigenvalue weighted by Gasteiger charge is 2.38. The Morgan fingerprint density at radius 2 is 1.34 bits per heavy atom. The van der Waals surface area contributed by atoms with Gasteiger partial charge in [-0.15, -0.1) is 0 Å². The van der Waals surface area contributed by atoms with Gasteiger partial charge in [0, 0.05) is 5.69 Å². The van der Waals surface area contributed by atoms with Gasteiger partial charge in [0.1, 0.15) is 17.6 Å². The first-order chi connectivity index (χ1) is 14.2. The molecule has 1 heterocycles. The number of benzene rings is 3. The van der Waals surface area contributed by atoms with Crippen LogP contribution in [0.4, 0.5) is 5.69 Å². The van der Waals surface area contributed by atoms with E-state index in [1.165, 1.54) is 11.1 Å². The Morgan fingerprint density at radius 3 is 1.90 bits per heavy atom. The largest absolute Gasteiger partial charge is 0.497 e. The van der Waals surface area contributed by atoms with E-state index in [1.54, 1.807) is 7.11 Å². The molecule has 148 valence electrons. The molecule has 3 nitrogen and oxygen atoms in total. The highest BCUT2D eigenvalue weighted by atomic mass is 16.5. The highest BCUT2D eigenvalue weighted by molar-refractivity contribution is 5.59. The van der Waals surface area contributed by atoms with Crippen molar-refractivity contribution in [3.05, 3.63) is 108 Å². The van der Waals surface area contributed by atoms with E-state index in [0.717, 1.165) is 17.2 Å². The topological polar surface area (TPSA) is 21.7 Å². The second-order valence-corrected chi connectivity index (χ2v) is 7.51. The van der Waals surface area contributed by atoms with Crippen LogP contribution in [0.1, 0.15) is 37.1 Å². The second kappa shape index (κ2) is 8.44. The van der Waals surface area contributed by atoms with Gasteiger partial charge in [0.25, 0.3) is 0 Å². The molecule has 0 bridgehead atoms. The van der Waals surface area contributed by atoms with E-state index in [-0.39, 0.29) is 18.2 Å². The van der Waals surface area contributed by atoms with Gasteiger partial charge in [0.15, 0.2) is 0 Å². The minimum absolute atomic E-state index is 0.0113. The van der Waals surface area contributed by atoms with E-state index < -0.39 is 0 Å². The molecule has 3 aromatic rings. The fourth-order valence-corrected chi connectivity index (χ4v) is 3.93. The van der Waals surface area contributed by atoms with Crippen LogP contribution in [-0.4, -0.2) is 13.2 Å². The van der Waals surface area contributed by atoms with Crippen molar-refractivity contribution in [2.24, 2.45) is 0 Å². The van der Waals surface area contributed by atoms with Gasteiger partial charge in [-0.05, 0) is 55.3 Å². The van der Waals surface area contributed by atoms with Gasteiger partial charge < -0.3 is 14.4 Å². The van der Waals surface area contributed by atoms with Crippen molar-refractivity contribution < 1.29 is 9.47 Å². The third-order valence-electron chi connectivity index (χ3n) is 5.17. The van der Waals surface area contributed by atoms with Crippen molar-refractivity contribution in [1.82, 2.24) is 0 Å². The summed E-state index contributed by atoms with van der Waals surface area (Å²) in [6.45, 7) is 4.16. The molecule has 0 N–H and O–H groups in total. The van der Waals surface area contributed by atoms with Gasteiger partial charge in [-0.25, -0.2) is 0 Å². The van der Waals surface area contributed by atoms with E-state index in [1.807, 2.05) is 12.1 Å². The molecular formula is C26H27NO2. The molecule has 29 heavy (non-hydrogen) atoms. The molecule has 0 aromatic heterocycles. The maximum absolute atomic E-state index is 6.32. The number of anilines is 1. The summed E-state index contributed by atoms with van der Waals surface area (Å²) in [5, 5.41) is 0. The number of hydrogen-bond donors (Lipinski definition) is 0. The van der Waals surface area contributed by atoms with Crippen LogP contribution in [0, 0.1) is 0 Å². The van der Waals surface area contributed by atoms with Gasteiger partial charge in [-0.1, -0.05) is 60.7 Å². The summed E-state index contributed by atoms with van der Waals surface area (Å²) in [5.41, 5.74) is 3.59. The number of ether oxygens (including phenoxy) is 2. The van der Waals surface area contributed by atoms with Gasteiger partial charge in [0.05, 0.1) is 19.3 Å². The summed E-state index contributed by atoms with van der Waals surface area (Å²) in [7, 11) is 1.69. The summed E-state index contributed by atoms with van der Waals surface area (Å²) in [4.78, 5) is 2.43. The summed E-state index contributed by atoms with van der Waals surface area (Å²) in [5.74, 6) is 1.85. The van der Waals surface area contributed by atoms with E-state index in [2.05, 4.69) is 97.6 Å². The summed E-state index contributed by atoms with van der Waals surface area (Å²) < 4.78 is 11.7. The molecule has 1 aliphatic heterocycles. The van der Waals surface area contributed by atoms with Crippen LogP contribution < -0.4 is 9.64 Å². The second-order valence-electron chi connectivity index (χ2n) is 7.51. The van der Waals surface area contributed by atoms with Crippen LogP contribution in [-0.2, 0) is 4.74 Å². The molecule has 0 saturated carbocycles. The van der Waals surface area contributed by atoms with Crippen LogP contribution in [0.5, 0.6) is 5.75 Å². The van der Waals surface area contributed by atoms with Crippen molar-refractivity contribution in [3.63, 3.8) is 0 Å². The molecule has 0 radical (unpaired) electrons. The van der Waals surface area contributed by atoms with E-state index in [4.69, 9.17) is 9.47 Å². The van der Waals surface area contributed by atoms with Gasteiger partial charge in [0.2, 0.25) is 0 Å². The quantitative estimate of drug-likeness (QED) is 0.496. The summed E-state index contributed by atoms with van der Waals surface area (Å²) in [6.07, 6.45) is 2.37. The van der Waals surface area contributed by atoms with Crippen LogP contribution >= 0.6 is 0 Å². The Kier molecular flexibility index (Phi) is 5.57. The first-order valence-corrected chi connectivity index (χ1v) is 10.1. The Labute approximate surface area is 173 Å². The van der Waals surface area contributed by atoms with Crippen LogP contribution in [0.3, 0.4) is 0 Å². The molecule has 0 fully saturated rings. The summed E-state index contributed by atoms with van der Waals surface area (Å²) in [6, 6.07) is 29.5. The van der Waals surface area contributed by atoms with E-state index in [9.17, 15) is 0 Å². The Morgan fingerprint density at radius 1 is 0.759 bits per heavy atom. The van der Waals surface area contributed by atoms with Crippen molar-refractivity contribution in [1.29, 1.82) is 0 Å². The molecule has 0 aliphatic carbocycles. The zero-order valence-corrected chi connectivity index (χ0v) is 17.2. The zero-order chi connectivity index (χ0) is 20.2. The first-order valence-electron chi connectivity index (χ1n) is 10.1. The first kappa shape index (κ1) is 19.1. The molecule has 4 rings (SSSR count). The summed E-state index contributed by atoms with van der Waals surface area (Å²) >= 11 is 0. The molecule has 3 aromatic carbocycles. The van der Waals surface area contributed by atoms with Crippen molar-refractivity contribution in [2.45, 2.75) is 32.0 Å². The highest BCUT2D eigenvalue weighted by Crippen LogP contribution is 2.47. The molecule has 0 amide bonds. The lowest BCUT2D eigenvalue weighted by molar-refractivity contribution is 0.136. The Bertz CT molecular complexity index is 949. The number of methoxy groups -OCH3 is 1. The van der Waals surface area contributed by atoms with Crippen molar-refractivity contribution >= 4 is 5.69 Å². The molecule has 2 unspecified atom stereocenters. The lowest BCUT2D eigenvalue weighted by Crippen LogP contribution is -2.28. The van der Waals surface area contributed by atoms with Gasteiger partial charge >= 0.3 is 0 Å². The Hall–Kier alpha value is -3.20. The molecule has 0 spiro atoms. The standard InChI is InChI=1S/C26H27NO2/c1-19(2)29-25-18-24(20-10-6-4-7-11-20)27(22-14-16-23(28-3)17-15-22)26(25)21-12-8-5-9-13-21/h4-19,24,26H,1-3H3. The molecule has 1 aliphatic rings. The van der Waals surface area contributed by atoms with E-state index in [0.29, 0.717) is 0 Å². The third kappa shape index (κ3) is 4.00. The molecule has 3 heteroatoms. The van der Waals surface area contributed by atoms with Crippen molar-refractivity contribution in [2.75, 3.05) is 12.0 Å². The van der Waals surface area contributed by atoms with Crippen LogP contribution in [0.25, 0.3) is 0 Å². The smallest absolute Gasteiger partial charge is 0.122 e. The third-order valence-corrected chi connectivity index (χ3v) is 5.17. The predicted molar refractivity (Wildman–Crippen MR) is 118 cm³/mol. The van der Waals surface area contributed by atoms with Crippen LogP contribution in [0.2, 0.25) is 0 Å². The SMILES string of the molecule is COc1ccc(N2C(c3ccccc3)C=C(OC(C)C)C2c2ccccc2)cc1. The van der Waals surface area contributed by atoms with Crippen molar-refractivity contribution in [3.8, 4) is 5.75 Å². The van der Waals surface area contributed by atoms with Gasteiger partial charge in [-0.2, -0.15) is 0 Å². The monoisotopic (exact) mass is 385 g/mol. The maximum atomic E-state index is 6.32. The number of nitrogens with zero attached hydrogens (tertiary/aromatic N) is 1. The maximum Gasteiger partial charge on any atom is 0.122 e. The predicted octanol–water partition coefficient (Wildman–Crippen LogP) is 6.31. The minimum atomic E-state index is 0.0113. The number of hydrogen-bond acceptors (Lipinski definition) is 3. The Balaban J connectivity index is 1.84. The fourth-order valence-electron chi connectivity index (χ4n) is 3.93. The molecular weight excluding hydrogens is 358 g/mol. The lowest BCUT2D eigenvalue weighted by atomic mass is 10.0. The van der Waals surface area contributed by atoms with E-state index >= 15 is 0 Å².